The lowest BCUT2D eigenvalue weighted by molar-refractivity contribution is -0.140. The molecule has 0 saturated heterocycles. The van der Waals surface area contributed by atoms with Gasteiger partial charge in [-0.3, -0.25) is 9.52 Å². The van der Waals surface area contributed by atoms with Crippen molar-refractivity contribution in [1.82, 2.24) is 4.31 Å². The summed E-state index contributed by atoms with van der Waals surface area (Å²) in [6.07, 6.45) is 0.0138. The number of rotatable bonds is 7. The Morgan fingerprint density at radius 3 is 2.62 bits per heavy atom. The third kappa shape index (κ3) is 5.35. The van der Waals surface area contributed by atoms with E-state index in [0.717, 1.165) is 9.87 Å². The highest BCUT2D eigenvalue weighted by atomic mass is 32.2. The fraction of sp³-hybridized carbons (Fsp3) is 0.500. The van der Waals surface area contributed by atoms with E-state index in [4.69, 9.17) is 0 Å². The van der Waals surface area contributed by atoms with Crippen LogP contribution in [-0.2, 0) is 19.7 Å². The Labute approximate surface area is 126 Å². The maximum atomic E-state index is 12.1. The molecule has 1 aromatic carbocycles. The highest BCUT2D eigenvalue weighted by Gasteiger charge is 2.18. The van der Waals surface area contributed by atoms with E-state index in [1.165, 1.54) is 14.2 Å². The Morgan fingerprint density at radius 2 is 2.05 bits per heavy atom. The predicted octanol–water partition coefficient (Wildman–Crippen LogP) is 1.96. The maximum absolute atomic E-state index is 12.1. The molecule has 0 spiro atoms. The van der Waals surface area contributed by atoms with Crippen LogP contribution in [0.25, 0.3) is 0 Å². The third-order valence-electron chi connectivity index (χ3n) is 3.07. The summed E-state index contributed by atoms with van der Waals surface area (Å²) < 4.78 is 32.4. The molecular weight excluding hydrogens is 292 g/mol. The monoisotopic (exact) mass is 314 g/mol. The number of ether oxygens (including phenoxy) is 1. The normalized spacial score (nSPS) is 11.7. The summed E-state index contributed by atoms with van der Waals surface area (Å²) in [5.74, 6) is -0.134. The standard InChI is InChI=1S/C14H22N2O4S/c1-11(2)12-6-5-7-13(10-12)15-21(18,19)16(3)9-8-14(17)20-4/h5-7,10-11,15H,8-9H2,1-4H3. The number of esters is 1. The van der Waals surface area contributed by atoms with E-state index >= 15 is 0 Å². The predicted molar refractivity (Wildman–Crippen MR) is 82.3 cm³/mol. The summed E-state index contributed by atoms with van der Waals surface area (Å²) in [6, 6.07) is 7.25. The van der Waals surface area contributed by atoms with Crippen molar-refractivity contribution in [3.8, 4) is 0 Å². The zero-order valence-electron chi connectivity index (χ0n) is 12.8. The van der Waals surface area contributed by atoms with Gasteiger partial charge in [-0.15, -0.1) is 0 Å². The molecule has 0 aliphatic carbocycles. The van der Waals surface area contributed by atoms with Crippen LogP contribution in [0.3, 0.4) is 0 Å². The van der Waals surface area contributed by atoms with Gasteiger partial charge in [-0.05, 0) is 23.6 Å². The SMILES string of the molecule is COC(=O)CCN(C)S(=O)(=O)Nc1cccc(C(C)C)c1. The molecule has 0 aliphatic rings. The van der Waals surface area contributed by atoms with Gasteiger partial charge in [0.2, 0.25) is 0 Å². The number of methoxy groups -OCH3 is 1. The molecule has 0 fully saturated rings. The lowest BCUT2D eigenvalue weighted by atomic mass is 10.0. The van der Waals surface area contributed by atoms with Crippen molar-refractivity contribution >= 4 is 21.9 Å². The van der Waals surface area contributed by atoms with Crippen molar-refractivity contribution in [1.29, 1.82) is 0 Å². The molecule has 0 atom stereocenters. The van der Waals surface area contributed by atoms with Crippen molar-refractivity contribution in [3.05, 3.63) is 29.8 Å². The molecule has 118 valence electrons. The van der Waals surface area contributed by atoms with Crippen LogP contribution in [0.5, 0.6) is 0 Å². The van der Waals surface area contributed by atoms with Crippen molar-refractivity contribution in [3.63, 3.8) is 0 Å². The lowest BCUT2D eigenvalue weighted by Crippen LogP contribution is -2.34. The molecule has 7 heteroatoms. The van der Waals surface area contributed by atoms with Gasteiger partial charge in [0.05, 0.1) is 19.2 Å². The second-order valence-corrected chi connectivity index (χ2v) is 6.81. The number of hydrogen-bond donors (Lipinski definition) is 1. The van der Waals surface area contributed by atoms with Gasteiger partial charge in [0.1, 0.15) is 0 Å². The first-order valence-electron chi connectivity index (χ1n) is 6.67. The zero-order chi connectivity index (χ0) is 16.0. The van der Waals surface area contributed by atoms with E-state index in [1.807, 2.05) is 26.0 Å². The summed E-state index contributed by atoms with van der Waals surface area (Å²) in [7, 11) is -1.000. The highest BCUT2D eigenvalue weighted by Crippen LogP contribution is 2.19. The van der Waals surface area contributed by atoms with E-state index in [0.29, 0.717) is 11.6 Å². The molecule has 0 aliphatic heterocycles. The first-order valence-corrected chi connectivity index (χ1v) is 8.11. The Balaban J connectivity index is 2.75. The summed E-state index contributed by atoms with van der Waals surface area (Å²) >= 11 is 0. The number of anilines is 1. The Morgan fingerprint density at radius 1 is 1.38 bits per heavy atom. The second kappa shape index (κ2) is 7.42. The van der Waals surface area contributed by atoms with E-state index in [9.17, 15) is 13.2 Å². The molecule has 6 nitrogen and oxygen atoms in total. The summed E-state index contributed by atoms with van der Waals surface area (Å²) in [6.45, 7) is 4.14. The minimum atomic E-state index is -3.68. The van der Waals surface area contributed by atoms with E-state index in [2.05, 4.69) is 9.46 Å². The van der Waals surface area contributed by atoms with Crippen LogP contribution in [0.1, 0.15) is 31.7 Å². The van der Waals surface area contributed by atoms with Gasteiger partial charge >= 0.3 is 16.2 Å². The molecule has 0 bridgehead atoms. The maximum Gasteiger partial charge on any atom is 0.306 e. The molecule has 0 saturated carbocycles. The average Bonchev–Trinajstić information content (AvgIpc) is 2.43. The lowest BCUT2D eigenvalue weighted by Gasteiger charge is -2.18. The molecule has 0 heterocycles. The van der Waals surface area contributed by atoms with Crippen LogP contribution < -0.4 is 4.72 Å². The van der Waals surface area contributed by atoms with Gasteiger partial charge in [-0.25, -0.2) is 0 Å². The molecule has 0 radical (unpaired) electrons. The molecule has 1 rings (SSSR count). The molecule has 1 aromatic rings. The summed E-state index contributed by atoms with van der Waals surface area (Å²) in [4.78, 5) is 11.1. The number of nitrogens with one attached hydrogen (secondary N) is 1. The van der Waals surface area contributed by atoms with Gasteiger partial charge in [-0.1, -0.05) is 26.0 Å². The number of hydrogen-bond acceptors (Lipinski definition) is 4. The Bertz CT molecular complexity index is 584. The van der Waals surface area contributed by atoms with Crippen molar-refractivity contribution < 1.29 is 17.9 Å². The number of benzene rings is 1. The zero-order valence-corrected chi connectivity index (χ0v) is 13.6. The topological polar surface area (TPSA) is 75.7 Å². The van der Waals surface area contributed by atoms with Crippen molar-refractivity contribution in [2.75, 3.05) is 25.4 Å². The molecule has 0 aromatic heterocycles. The van der Waals surface area contributed by atoms with Gasteiger partial charge in [0.15, 0.2) is 0 Å². The largest absolute Gasteiger partial charge is 0.469 e. The van der Waals surface area contributed by atoms with E-state index < -0.39 is 16.2 Å². The van der Waals surface area contributed by atoms with Gasteiger partial charge in [-0.2, -0.15) is 12.7 Å². The third-order valence-corrected chi connectivity index (χ3v) is 4.57. The number of nitrogens with zero attached hydrogens (tertiary/aromatic N) is 1. The smallest absolute Gasteiger partial charge is 0.306 e. The van der Waals surface area contributed by atoms with Crippen LogP contribution >= 0.6 is 0 Å². The van der Waals surface area contributed by atoms with Crippen LogP contribution in [0.15, 0.2) is 24.3 Å². The summed E-state index contributed by atoms with van der Waals surface area (Å²) in [5, 5.41) is 0. The van der Waals surface area contributed by atoms with Crippen LogP contribution in [-0.4, -0.2) is 39.4 Å². The first kappa shape index (κ1) is 17.5. The Hall–Kier alpha value is -1.60. The number of carbonyl (C=O) groups is 1. The van der Waals surface area contributed by atoms with Crippen LogP contribution in [0.4, 0.5) is 5.69 Å². The van der Waals surface area contributed by atoms with Gasteiger partial charge in [0.25, 0.3) is 0 Å². The van der Waals surface area contributed by atoms with Gasteiger partial charge in [0, 0.05) is 13.6 Å². The minimum Gasteiger partial charge on any atom is -0.469 e. The summed E-state index contributed by atoms with van der Waals surface area (Å²) in [5.41, 5.74) is 1.55. The fourth-order valence-corrected chi connectivity index (χ4v) is 2.57. The van der Waals surface area contributed by atoms with Crippen molar-refractivity contribution in [2.45, 2.75) is 26.2 Å². The molecular formula is C14H22N2O4S. The Kier molecular flexibility index (Phi) is 6.17. The second-order valence-electron chi connectivity index (χ2n) is 5.03. The average molecular weight is 314 g/mol. The van der Waals surface area contributed by atoms with Gasteiger partial charge < -0.3 is 4.74 Å². The number of carbonyl (C=O) groups excluding carboxylic acids is 1. The first-order chi connectivity index (χ1) is 9.76. The highest BCUT2D eigenvalue weighted by molar-refractivity contribution is 7.90. The molecule has 0 amide bonds. The molecule has 0 unspecified atom stereocenters. The van der Waals surface area contributed by atoms with E-state index in [1.54, 1.807) is 12.1 Å². The quantitative estimate of drug-likeness (QED) is 0.781. The minimum absolute atomic E-state index is 0.0138. The van der Waals surface area contributed by atoms with E-state index in [-0.39, 0.29) is 13.0 Å². The van der Waals surface area contributed by atoms with Crippen LogP contribution in [0, 0.1) is 0 Å². The van der Waals surface area contributed by atoms with Crippen LogP contribution in [0.2, 0.25) is 0 Å². The van der Waals surface area contributed by atoms with Crippen molar-refractivity contribution in [2.24, 2.45) is 0 Å². The molecule has 21 heavy (non-hydrogen) atoms. The fourth-order valence-electron chi connectivity index (χ4n) is 1.66. The molecule has 1 N–H and O–H groups in total.